The lowest BCUT2D eigenvalue weighted by atomic mass is 9.81. The zero-order chi connectivity index (χ0) is 13.8. The maximum Gasteiger partial charge on any atom is 0.223 e. The number of piperidine rings is 2. The summed E-state index contributed by atoms with van der Waals surface area (Å²) in [4.78, 5) is 14.3. The molecule has 1 amide bonds. The van der Waals surface area contributed by atoms with Gasteiger partial charge in [0.2, 0.25) is 5.91 Å². The van der Waals surface area contributed by atoms with Gasteiger partial charge in [-0.2, -0.15) is 0 Å². The number of rotatable bonds is 4. The van der Waals surface area contributed by atoms with Crippen LogP contribution in [-0.4, -0.2) is 34.1 Å². The minimum atomic E-state index is -0.339. The summed E-state index contributed by atoms with van der Waals surface area (Å²) in [6.45, 7) is 4.27. The molecular formula is C16H27NO2. The van der Waals surface area contributed by atoms with Gasteiger partial charge >= 0.3 is 0 Å². The van der Waals surface area contributed by atoms with Crippen molar-refractivity contribution < 1.29 is 9.90 Å². The molecule has 2 aliphatic heterocycles. The van der Waals surface area contributed by atoms with E-state index in [1.807, 2.05) is 13.0 Å². The van der Waals surface area contributed by atoms with Crippen molar-refractivity contribution in [2.75, 3.05) is 0 Å². The number of carbonyl (C=O) groups is 1. The third-order valence-corrected chi connectivity index (χ3v) is 4.54. The Morgan fingerprint density at radius 3 is 3.00 bits per heavy atom. The minimum Gasteiger partial charge on any atom is -0.389 e. The van der Waals surface area contributed by atoms with Gasteiger partial charge in [-0.25, -0.2) is 0 Å². The van der Waals surface area contributed by atoms with E-state index in [0.717, 1.165) is 32.1 Å². The van der Waals surface area contributed by atoms with E-state index in [2.05, 4.69) is 17.9 Å². The van der Waals surface area contributed by atoms with E-state index in [9.17, 15) is 9.90 Å². The van der Waals surface area contributed by atoms with Gasteiger partial charge < -0.3 is 10.0 Å². The lowest BCUT2D eigenvalue weighted by molar-refractivity contribution is -0.142. The van der Waals surface area contributed by atoms with E-state index in [4.69, 9.17) is 0 Å². The Bertz CT molecular complexity index is 340. The highest BCUT2D eigenvalue weighted by Gasteiger charge is 2.38. The summed E-state index contributed by atoms with van der Waals surface area (Å²) in [5.41, 5.74) is 0. The van der Waals surface area contributed by atoms with Crippen molar-refractivity contribution in [3.63, 3.8) is 0 Å². The van der Waals surface area contributed by atoms with Gasteiger partial charge in [-0.1, -0.05) is 26.0 Å². The zero-order valence-corrected chi connectivity index (χ0v) is 12.2. The highest BCUT2D eigenvalue weighted by atomic mass is 16.3. The van der Waals surface area contributed by atoms with Gasteiger partial charge in [-0.05, 0) is 44.4 Å². The molecule has 0 spiro atoms. The van der Waals surface area contributed by atoms with Crippen molar-refractivity contribution >= 4 is 5.91 Å². The van der Waals surface area contributed by atoms with Crippen molar-refractivity contribution in [1.29, 1.82) is 0 Å². The zero-order valence-electron chi connectivity index (χ0n) is 12.2. The first-order chi connectivity index (χ1) is 9.11. The standard InChI is InChI=1S/C16H27NO2/c1-3-15(18)8-4-6-13-10-12(2)11-14-7-5-9-16(19)17(13)14/h4,8,12-15,18H,3,5-7,9-11H2,1-2H3/b8-4+/t12-,13-,14-,15+/m1/s1. The molecule has 0 unspecified atom stereocenters. The average Bonchev–Trinajstić information content (AvgIpc) is 2.38. The molecule has 0 radical (unpaired) electrons. The number of amides is 1. The Kier molecular flexibility index (Phi) is 5.03. The number of carbonyl (C=O) groups excluding carboxylic acids is 1. The predicted molar refractivity (Wildman–Crippen MR) is 76.7 cm³/mol. The highest BCUT2D eigenvalue weighted by Crippen LogP contribution is 2.35. The van der Waals surface area contributed by atoms with Crippen LogP contribution in [-0.2, 0) is 4.79 Å². The third kappa shape index (κ3) is 3.59. The van der Waals surface area contributed by atoms with Crippen molar-refractivity contribution in [3.8, 4) is 0 Å². The van der Waals surface area contributed by atoms with E-state index >= 15 is 0 Å². The van der Waals surface area contributed by atoms with Crippen molar-refractivity contribution in [2.24, 2.45) is 5.92 Å². The van der Waals surface area contributed by atoms with E-state index in [-0.39, 0.29) is 6.10 Å². The average molecular weight is 265 g/mol. The van der Waals surface area contributed by atoms with Crippen LogP contribution in [0.25, 0.3) is 0 Å². The first-order valence-corrected chi connectivity index (χ1v) is 7.77. The first kappa shape index (κ1) is 14.6. The van der Waals surface area contributed by atoms with Gasteiger partial charge in [0.05, 0.1) is 6.10 Å². The Balaban J connectivity index is 1.99. The molecule has 0 aromatic carbocycles. The Morgan fingerprint density at radius 1 is 1.47 bits per heavy atom. The molecule has 2 fully saturated rings. The monoisotopic (exact) mass is 265 g/mol. The van der Waals surface area contributed by atoms with Crippen molar-refractivity contribution in [3.05, 3.63) is 12.2 Å². The third-order valence-electron chi connectivity index (χ3n) is 4.54. The summed E-state index contributed by atoms with van der Waals surface area (Å²) in [5.74, 6) is 1.05. The molecule has 19 heavy (non-hydrogen) atoms. The topological polar surface area (TPSA) is 40.5 Å². The molecule has 4 atom stereocenters. The molecule has 3 nitrogen and oxygen atoms in total. The molecule has 2 heterocycles. The molecule has 108 valence electrons. The second-order valence-corrected chi connectivity index (χ2v) is 6.22. The molecule has 2 saturated heterocycles. The number of fused-ring (bicyclic) bond motifs is 1. The Labute approximate surface area is 116 Å². The molecule has 1 N–H and O–H groups in total. The van der Waals surface area contributed by atoms with Gasteiger partial charge in [0.25, 0.3) is 0 Å². The summed E-state index contributed by atoms with van der Waals surface area (Å²) < 4.78 is 0. The van der Waals surface area contributed by atoms with Gasteiger partial charge in [0.1, 0.15) is 0 Å². The molecule has 2 rings (SSSR count). The van der Waals surface area contributed by atoms with Crippen molar-refractivity contribution in [2.45, 2.75) is 77.0 Å². The fourth-order valence-corrected chi connectivity index (χ4v) is 3.57. The normalized spacial score (nSPS) is 33.5. The van der Waals surface area contributed by atoms with E-state index in [1.165, 1.54) is 12.8 Å². The largest absolute Gasteiger partial charge is 0.389 e. The highest BCUT2D eigenvalue weighted by molar-refractivity contribution is 5.77. The molecule has 2 aliphatic rings. The SMILES string of the molecule is CC[C@H](O)/C=C/C[C@@H]1C[C@@H](C)C[C@H]2CCCC(=O)N12. The fourth-order valence-electron chi connectivity index (χ4n) is 3.57. The van der Waals surface area contributed by atoms with Crippen LogP contribution in [0.3, 0.4) is 0 Å². The minimum absolute atomic E-state index is 0.339. The van der Waals surface area contributed by atoms with Crippen LogP contribution in [0, 0.1) is 5.92 Å². The second kappa shape index (κ2) is 6.56. The van der Waals surface area contributed by atoms with Crippen LogP contribution in [0.4, 0.5) is 0 Å². The van der Waals surface area contributed by atoms with Gasteiger partial charge in [-0.15, -0.1) is 0 Å². The number of hydrogen-bond donors (Lipinski definition) is 1. The summed E-state index contributed by atoms with van der Waals surface area (Å²) >= 11 is 0. The summed E-state index contributed by atoms with van der Waals surface area (Å²) in [5, 5.41) is 9.56. The maximum atomic E-state index is 12.2. The fraction of sp³-hybridized carbons (Fsp3) is 0.812. The van der Waals surface area contributed by atoms with E-state index in [0.29, 0.717) is 23.9 Å². The number of nitrogens with zero attached hydrogens (tertiary/aromatic N) is 1. The first-order valence-electron chi connectivity index (χ1n) is 7.77. The van der Waals surface area contributed by atoms with E-state index < -0.39 is 0 Å². The number of aliphatic hydroxyl groups excluding tert-OH is 1. The van der Waals surface area contributed by atoms with E-state index in [1.54, 1.807) is 0 Å². The second-order valence-electron chi connectivity index (χ2n) is 6.22. The number of hydrogen-bond acceptors (Lipinski definition) is 2. The van der Waals surface area contributed by atoms with Crippen LogP contribution >= 0.6 is 0 Å². The maximum absolute atomic E-state index is 12.2. The predicted octanol–water partition coefficient (Wildman–Crippen LogP) is 2.88. The lowest BCUT2D eigenvalue weighted by Crippen LogP contribution is -2.53. The van der Waals surface area contributed by atoms with Crippen LogP contribution in [0.2, 0.25) is 0 Å². The van der Waals surface area contributed by atoms with Gasteiger partial charge in [0.15, 0.2) is 0 Å². The lowest BCUT2D eigenvalue weighted by Gasteiger charge is -2.47. The summed E-state index contributed by atoms with van der Waals surface area (Å²) in [6.07, 6.45) is 10.5. The molecule has 0 bridgehead atoms. The molecular weight excluding hydrogens is 238 g/mol. The van der Waals surface area contributed by atoms with Crippen LogP contribution in [0.1, 0.15) is 58.8 Å². The van der Waals surface area contributed by atoms with Crippen LogP contribution < -0.4 is 0 Å². The van der Waals surface area contributed by atoms with Crippen LogP contribution in [0.5, 0.6) is 0 Å². The molecule has 0 aromatic rings. The number of aliphatic hydroxyl groups is 1. The summed E-state index contributed by atoms with van der Waals surface area (Å²) in [7, 11) is 0. The van der Waals surface area contributed by atoms with Crippen molar-refractivity contribution in [1.82, 2.24) is 4.90 Å². The Hall–Kier alpha value is -0.830. The van der Waals surface area contributed by atoms with Gasteiger partial charge in [-0.3, -0.25) is 4.79 Å². The molecule has 0 saturated carbocycles. The quantitative estimate of drug-likeness (QED) is 0.794. The van der Waals surface area contributed by atoms with Crippen LogP contribution in [0.15, 0.2) is 12.2 Å². The smallest absolute Gasteiger partial charge is 0.223 e. The molecule has 0 aromatic heterocycles. The molecule has 0 aliphatic carbocycles. The summed E-state index contributed by atoms with van der Waals surface area (Å²) in [6, 6.07) is 0.821. The van der Waals surface area contributed by atoms with Gasteiger partial charge in [0, 0.05) is 18.5 Å². The Morgan fingerprint density at radius 2 is 2.26 bits per heavy atom. The molecule has 3 heteroatoms.